The third kappa shape index (κ3) is 3.05. The third-order valence-corrected chi connectivity index (χ3v) is 3.38. The van der Waals surface area contributed by atoms with Crippen LogP contribution in [0.4, 0.5) is 0 Å². The highest BCUT2D eigenvalue weighted by Crippen LogP contribution is 2.19. The number of benzene rings is 2. The normalized spacial score (nSPS) is 13.3. The molecule has 19 heavy (non-hydrogen) atoms. The second kappa shape index (κ2) is 5.30. The van der Waals surface area contributed by atoms with E-state index in [0.717, 1.165) is 11.1 Å². The van der Waals surface area contributed by atoms with Gasteiger partial charge in [-0.1, -0.05) is 54.3 Å². The van der Waals surface area contributed by atoms with Crippen molar-refractivity contribution >= 4 is 0 Å². The Kier molecular flexibility index (Phi) is 3.74. The van der Waals surface area contributed by atoms with Crippen LogP contribution in [0.2, 0.25) is 0 Å². The molecule has 0 spiro atoms. The van der Waals surface area contributed by atoms with Crippen LogP contribution in [0.1, 0.15) is 29.2 Å². The minimum Gasteiger partial charge on any atom is -0.374 e. The van der Waals surface area contributed by atoms with Crippen LogP contribution in [0, 0.1) is 25.7 Å². The molecule has 0 aromatic heterocycles. The molecule has 2 aromatic carbocycles. The van der Waals surface area contributed by atoms with E-state index >= 15 is 0 Å². The minimum atomic E-state index is -1.13. The van der Waals surface area contributed by atoms with Crippen LogP contribution in [-0.2, 0) is 5.60 Å². The van der Waals surface area contributed by atoms with Gasteiger partial charge < -0.3 is 5.11 Å². The van der Waals surface area contributed by atoms with Crippen molar-refractivity contribution in [3.63, 3.8) is 0 Å². The Balaban J connectivity index is 2.36. The summed E-state index contributed by atoms with van der Waals surface area (Å²) in [6, 6.07) is 15.6. The van der Waals surface area contributed by atoms with Crippen LogP contribution in [0.5, 0.6) is 0 Å². The topological polar surface area (TPSA) is 20.2 Å². The molecule has 0 bridgehead atoms. The molecule has 0 heterocycles. The molecule has 1 atom stereocenters. The maximum atomic E-state index is 10.4. The second-order valence-electron chi connectivity index (χ2n) is 4.94. The standard InChI is InChI=1S/C18H18O/c1-14-8-7-9-16(15(14)2)12-13-18(3,19)17-10-5-4-6-11-17/h4-11,19H,1-3H3. The summed E-state index contributed by atoms with van der Waals surface area (Å²) >= 11 is 0. The first-order valence-electron chi connectivity index (χ1n) is 6.38. The molecule has 2 rings (SSSR count). The summed E-state index contributed by atoms with van der Waals surface area (Å²) in [6.07, 6.45) is 0. The number of aryl methyl sites for hydroxylation is 1. The molecule has 0 saturated carbocycles. The smallest absolute Gasteiger partial charge is 0.148 e. The zero-order chi connectivity index (χ0) is 13.9. The van der Waals surface area contributed by atoms with Crippen molar-refractivity contribution < 1.29 is 5.11 Å². The summed E-state index contributed by atoms with van der Waals surface area (Å²) in [5, 5.41) is 10.4. The van der Waals surface area contributed by atoms with Gasteiger partial charge in [0.15, 0.2) is 0 Å². The first-order chi connectivity index (χ1) is 9.00. The van der Waals surface area contributed by atoms with E-state index in [1.165, 1.54) is 11.1 Å². The molecule has 2 aromatic rings. The lowest BCUT2D eigenvalue weighted by Gasteiger charge is -2.16. The molecule has 0 saturated heterocycles. The average molecular weight is 250 g/mol. The van der Waals surface area contributed by atoms with Crippen molar-refractivity contribution in [2.45, 2.75) is 26.4 Å². The maximum absolute atomic E-state index is 10.4. The van der Waals surface area contributed by atoms with Crippen molar-refractivity contribution in [1.29, 1.82) is 0 Å². The summed E-state index contributed by atoms with van der Waals surface area (Å²) < 4.78 is 0. The largest absolute Gasteiger partial charge is 0.374 e. The number of aliphatic hydroxyl groups is 1. The minimum absolute atomic E-state index is 0.813. The van der Waals surface area contributed by atoms with Crippen LogP contribution in [-0.4, -0.2) is 5.11 Å². The monoisotopic (exact) mass is 250 g/mol. The van der Waals surface area contributed by atoms with Gasteiger partial charge in [-0.15, -0.1) is 0 Å². The average Bonchev–Trinajstić information content (AvgIpc) is 2.41. The Morgan fingerprint density at radius 3 is 2.32 bits per heavy atom. The van der Waals surface area contributed by atoms with Gasteiger partial charge in [0.2, 0.25) is 0 Å². The summed E-state index contributed by atoms with van der Waals surface area (Å²) in [4.78, 5) is 0. The molecule has 96 valence electrons. The summed E-state index contributed by atoms with van der Waals surface area (Å²) in [5.74, 6) is 6.06. The van der Waals surface area contributed by atoms with Crippen LogP contribution in [0.15, 0.2) is 48.5 Å². The maximum Gasteiger partial charge on any atom is 0.148 e. The van der Waals surface area contributed by atoms with E-state index in [1.54, 1.807) is 6.92 Å². The SMILES string of the molecule is Cc1cccc(C#CC(C)(O)c2ccccc2)c1C. The molecule has 0 fully saturated rings. The van der Waals surface area contributed by atoms with E-state index in [9.17, 15) is 5.11 Å². The Labute approximate surface area is 114 Å². The first-order valence-corrected chi connectivity index (χ1v) is 6.38. The van der Waals surface area contributed by atoms with Gasteiger partial charge in [0, 0.05) is 5.56 Å². The van der Waals surface area contributed by atoms with E-state index < -0.39 is 5.60 Å². The number of hydrogen-bond acceptors (Lipinski definition) is 1. The predicted molar refractivity (Wildman–Crippen MR) is 78.8 cm³/mol. The Morgan fingerprint density at radius 2 is 1.63 bits per heavy atom. The van der Waals surface area contributed by atoms with E-state index in [-0.39, 0.29) is 0 Å². The van der Waals surface area contributed by atoms with E-state index in [0.29, 0.717) is 0 Å². The van der Waals surface area contributed by atoms with E-state index in [4.69, 9.17) is 0 Å². The van der Waals surface area contributed by atoms with Gasteiger partial charge in [0.1, 0.15) is 5.60 Å². The lowest BCUT2D eigenvalue weighted by Crippen LogP contribution is -2.18. The molecule has 1 nitrogen and oxygen atoms in total. The lowest BCUT2D eigenvalue weighted by molar-refractivity contribution is 0.122. The first kappa shape index (κ1) is 13.4. The molecular weight excluding hydrogens is 232 g/mol. The van der Waals surface area contributed by atoms with Gasteiger partial charge in [0.25, 0.3) is 0 Å². The lowest BCUT2D eigenvalue weighted by atomic mass is 9.95. The van der Waals surface area contributed by atoms with Crippen LogP contribution in [0.25, 0.3) is 0 Å². The molecule has 0 radical (unpaired) electrons. The highest BCUT2D eigenvalue weighted by molar-refractivity contribution is 5.46. The van der Waals surface area contributed by atoms with Crippen molar-refractivity contribution in [2.24, 2.45) is 0 Å². The van der Waals surface area contributed by atoms with E-state index in [1.807, 2.05) is 42.5 Å². The molecular formula is C18H18O. The Hall–Kier alpha value is -2.04. The van der Waals surface area contributed by atoms with Crippen LogP contribution >= 0.6 is 0 Å². The zero-order valence-corrected chi connectivity index (χ0v) is 11.6. The highest BCUT2D eigenvalue weighted by Gasteiger charge is 2.19. The van der Waals surface area contributed by atoms with Gasteiger partial charge >= 0.3 is 0 Å². The quantitative estimate of drug-likeness (QED) is 0.767. The van der Waals surface area contributed by atoms with Gasteiger partial charge in [-0.2, -0.15) is 0 Å². The fourth-order valence-electron chi connectivity index (χ4n) is 1.91. The molecule has 0 aliphatic heterocycles. The summed E-state index contributed by atoms with van der Waals surface area (Å²) in [7, 11) is 0. The molecule has 1 heteroatoms. The number of rotatable bonds is 1. The van der Waals surface area contributed by atoms with Gasteiger partial charge in [0.05, 0.1) is 0 Å². The van der Waals surface area contributed by atoms with Crippen molar-refractivity contribution in [3.05, 3.63) is 70.8 Å². The van der Waals surface area contributed by atoms with Crippen LogP contribution < -0.4 is 0 Å². The second-order valence-corrected chi connectivity index (χ2v) is 4.94. The van der Waals surface area contributed by atoms with Gasteiger partial charge in [-0.25, -0.2) is 0 Å². The van der Waals surface area contributed by atoms with Crippen molar-refractivity contribution in [2.75, 3.05) is 0 Å². The Bertz CT molecular complexity index is 628. The van der Waals surface area contributed by atoms with Crippen molar-refractivity contribution in [1.82, 2.24) is 0 Å². The summed E-state index contributed by atoms with van der Waals surface area (Å²) in [5.41, 5.74) is 3.03. The molecule has 1 unspecified atom stereocenters. The molecule has 1 N–H and O–H groups in total. The molecule has 0 amide bonds. The number of hydrogen-bond donors (Lipinski definition) is 1. The fourth-order valence-corrected chi connectivity index (χ4v) is 1.91. The Morgan fingerprint density at radius 1 is 0.947 bits per heavy atom. The van der Waals surface area contributed by atoms with E-state index in [2.05, 4.69) is 31.8 Å². The third-order valence-electron chi connectivity index (χ3n) is 3.38. The molecule has 0 aliphatic rings. The zero-order valence-electron chi connectivity index (χ0n) is 11.6. The highest BCUT2D eigenvalue weighted by atomic mass is 16.3. The van der Waals surface area contributed by atoms with Gasteiger partial charge in [-0.05, 0) is 43.5 Å². The molecule has 0 aliphatic carbocycles. The fraction of sp³-hybridized carbons (Fsp3) is 0.222. The summed E-state index contributed by atoms with van der Waals surface area (Å²) in [6.45, 7) is 5.84. The predicted octanol–water partition coefficient (Wildman–Crippen LogP) is 3.56. The van der Waals surface area contributed by atoms with Gasteiger partial charge in [-0.3, -0.25) is 0 Å². The van der Waals surface area contributed by atoms with Crippen molar-refractivity contribution in [3.8, 4) is 11.8 Å². The van der Waals surface area contributed by atoms with Crippen LogP contribution in [0.3, 0.4) is 0 Å².